The highest BCUT2D eigenvalue weighted by molar-refractivity contribution is 5.58. The van der Waals surface area contributed by atoms with Gasteiger partial charge in [0.25, 0.3) is 0 Å². The van der Waals surface area contributed by atoms with Crippen molar-refractivity contribution in [3.8, 4) is 0 Å². The van der Waals surface area contributed by atoms with Crippen molar-refractivity contribution in [2.45, 2.75) is 65.3 Å². The maximum absolute atomic E-state index is 4.72. The van der Waals surface area contributed by atoms with Gasteiger partial charge < -0.3 is 4.90 Å². The molecule has 1 aromatic rings. The molecule has 1 unspecified atom stereocenters. The molecule has 0 spiro atoms. The lowest BCUT2D eigenvalue weighted by atomic mass is 9.83. The van der Waals surface area contributed by atoms with E-state index in [0.29, 0.717) is 12.0 Å². The fourth-order valence-corrected chi connectivity index (χ4v) is 3.03. The average Bonchev–Trinajstić information content (AvgIpc) is 2.45. The molecule has 0 saturated carbocycles. The van der Waals surface area contributed by atoms with Crippen LogP contribution >= 0.6 is 0 Å². The predicted octanol–water partition coefficient (Wildman–Crippen LogP) is 4.31. The maximum atomic E-state index is 4.72. The molecular formula is C19H31N2. The van der Waals surface area contributed by atoms with Crippen molar-refractivity contribution >= 4 is 5.69 Å². The summed E-state index contributed by atoms with van der Waals surface area (Å²) in [6.45, 7) is 16.8. The Balaban J connectivity index is 2.38. The summed E-state index contributed by atoms with van der Waals surface area (Å²) in [7, 11) is 0. The van der Waals surface area contributed by atoms with Crippen molar-refractivity contribution in [2.75, 3.05) is 24.5 Å². The Morgan fingerprint density at radius 1 is 1.29 bits per heavy atom. The van der Waals surface area contributed by atoms with E-state index in [2.05, 4.69) is 64.6 Å². The van der Waals surface area contributed by atoms with Crippen LogP contribution in [0.25, 0.3) is 0 Å². The molecule has 1 aliphatic rings. The van der Waals surface area contributed by atoms with Crippen molar-refractivity contribution in [1.29, 1.82) is 0 Å². The largest absolute Gasteiger partial charge is 0.368 e. The van der Waals surface area contributed by atoms with E-state index in [0.717, 1.165) is 26.1 Å². The van der Waals surface area contributed by atoms with Crippen LogP contribution < -0.4 is 10.2 Å². The fourth-order valence-electron chi connectivity index (χ4n) is 3.03. The molecule has 0 amide bonds. The average molecular weight is 287 g/mol. The zero-order valence-electron chi connectivity index (χ0n) is 14.6. The van der Waals surface area contributed by atoms with E-state index in [1.165, 1.54) is 16.8 Å². The molecule has 0 aromatic heterocycles. The van der Waals surface area contributed by atoms with Crippen molar-refractivity contribution < 1.29 is 0 Å². The molecule has 1 saturated heterocycles. The minimum Gasteiger partial charge on any atom is -0.368 e. The first-order chi connectivity index (χ1) is 9.82. The second kappa shape index (κ2) is 6.39. The molecule has 1 heterocycles. The molecule has 0 N–H and O–H groups in total. The van der Waals surface area contributed by atoms with Crippen LogP contribution in [0.15, 0.2) is 18.2 Å². The van der Waals surface area contributed by atoms with E-state index in [9.17, 15) is 0 Å². The van der Waals surface area contributed by atoms with Crippen LogP contribution in [0.5, 0.6) is 0 Å². The second-order valence-electron chi connectivity index (χ2n) is 7.60. The van der Waals surface area contributed by atoms with Gasteiger partial charge in [-0.2, -0.15) is 0 Å². The summed E-state index contributed by atoms with van der Waals surface area (Å²) in [4.78, 5) is 2.55. The molecule has 2 rings (SSSR count). The first-order valence-corrected chi connectivity index (χ1v) is 8.39. The molecule has 0 aliphatic carbocycles. The van der Waals surface area contributed by atoms with Gasteiger partial charge in [0.05, 0.1) is 0 Å². The van der Waals surface area contributed by atoms with Crippen LogP contribution in [0.3, 0.4) is 0 Å². The van der Waals surface area contributed by atoms with E-state index < -0.39 is 0 Å². The third-order valence-corrected chi connectivity index (χ3v) is 4.50. The standard InChI is InChI=1S/C19H31N2/c1-7-16-13-21(11-10-20-16)18-9-8-15(14(2)3)12-17(18)19(4,5)6/h8-9,12,14,16H,7,10-11,13H2,1-6H3. The first-order valence-electron chi connectivity index (χ1n) is 8.39. The molecular weight excluding hydrogens is 256 g/mol. The summed E-state index contributed by atoms with van der Waals surface area (Å²) in [6.07, 6.45) is 1.14. The van der Waals surface area contributed by atoms with Gasteiger partial charge in [0, 0.05) is 31.4 Å². The minimum absolute atomic E-state index is 0.177. The Morgan fingerprint density at radius 3 is 2.57 bits per heavy atom. The van der Waals surface area contributed by atoms with Crippen LogP contribution in [-0.4, -0.2) is 25.7 Å². The Kier molecular flexibility index (Phi) is 4.98. The first kappa shape index (κ1) is 16.4. The lowest BCUT2D eigenvalue weighted by Crippen LogP contribution is -2.47. The molecule has 2 nitrogen and oxygen atoms in total. The van der Waals surface area contributed by atoms with Gasteiger partial charge in [0.2, 0.25) is 0 Å². The van der Waals surface area contributed by atoms with E-state index in [1.807, 2.05) is 0 Å². The number of hydrogen-bond acceptors (Lipinski definition) is 1. The zero-order chi connectivity index (χ0) is 15.6. The third kappa shape index (κ3) is 3.79. The number of benzene rings is 1. The molecule has 1 fully saturated rings. The quantitative estimate of drug-likeness (QED) is 0.809. The third-order valence-electron chi connectivity index (χ3n) is 4.50. The lowest BCUT2D eigenvalue weighted by molar-refractivity contribution is 0.435. The van der Waals surface area contributed by atoms with Crippen LogP contribution in [0, 0.1) is 0 Å². The highest BCUT2D eigenvalue weighted by atomic mass is 15.2. The molecule has 1 atom stereocenters. The molecule has 1 radical (unpaired) electrons. The van der Waals surface area contributed by atoms with Gasteiger partial charge in [0.1, 0.15) is 0 Å². The topological polar surface area (TPSA) is 17.3 Å². The highest BCUT2D eigenvalue weighted by Gasteiger charge is 2.25. The summed E-state index contributed by atoms with van der Waals surface area (Å²) in [5.41, 5.74) is 4.51. The number of piperazine rings is 1. The number of anilines is 1. The van der Waals surface area contributed by atoms with E-state index in [4.69, 9.17) is 5.32 Å². The van der Waals surface area contributed by atoms with Crippen LogP contribution in [0.4, 0.5) is 5.69 Å². The molecule has 1 aliphatic heterocycles. The highest BCUT2D eigenvalue weighted by Crippen LogP contribution is 2.35. The molecule has 2 heteroatoms. The second-order valence-corrected chi connectivity index (χ2v) is 7.60. The summed E-state index contributed by atoms with van der Waals surface area (Å²) >= 11 is 0. The Bertz CT molecular complexity index is 471. The normalized spacial score (nSPS) is 20.1. The zero-order valence-corrected chi connectivity index (χ0v) is 14.6. The Morgan fingerprint density at radius 2 is 2.00 bits per heavy atom. The van der Waals surface area contributed by atoms with Gasteiger partial charge in [-0.15, -0.1) is 0 Å². The SMILES string of the molecule is CCC1CN(c2ccc(C(C)C)cc2C(C)(C)C)CC[N]1. The van der Waals surface area contributed by atoms with Gasteiger partial charge in [-0.1, -0.05) is 53.7 Å². The van der Waals surface area contributed by atoms with Gasteiger partial charge >= 0.3 is 0 Å². The van der Waals surface area contributed by atoms with Crippen molar-refractivity contribution in [3.63, 3.8) is 0 Å². The van der Waals surface area contributed by atoms with Crippen LogP contribution in [0.1, 0.15) is 65.0 Å². The number of rotatable bonds is 3. The Labute approximate surface area is 130 Å². The van der Waals surface area contributed by atoms with E-state index in [-0.39, 0.29) is 5.41 Å². The number of hydrogen-bond donors (Lipinski definition) is 0. The Hall–Kier alpha value is -1.02. The minimum atomic E-state index is 0.177. The van der Waals surface area contributed by atoms with Crippen molar-refractivity contribution in [3.05, 3.63) is 29.3 Å². The molecule has 21 heavy (non-hydrogen) atoms. The van der Waals surface area contributed by atoms with E-state index >= 15 is 0 Å². The van der Waals surface area contributed by atoms with Gasteiger partial charge in [0.15, 0.2) is 0 Å². The van der Waals surface area contributed by atoms with Crippen LogP contribution in [0.2, 0.25) is 0 Å². The van der Waals surface area contributed by atoms with E-state index in [1.54, 1.807) is 0 Å². The van der Waals surface area contributed by atoms with Crippen molar-refractivity contribution in [1.82, 2.24) is 5.32 Å². The molecule has 1 aromatic carbocycles. The molecule has 0 bridgehead atoms. The van der Waals surface area contributed by atoms with Gasteiger partial charge in [-0.3, -0.25) is 0 Å². The van der Waals surface area contributed by atoms with Crippen molar-refractivity contribution in [2.24, 2.45) is 0 Å². The smallest absolute Gasteiger partial charge is 0.0419 e. The molecule has 117 valence electrons. The summed E-state index contributed by atoms with van der Waals surface area (Å²) in [5.74, 6) is 0.583. The van der Waals surface area contributed by atoms with Crippen LogP contribution in [-0.2, 0) is 5.41 Å². The summed E-state index contributed by atoms with van der Waals surface area (Å²) in [5, 5.41) is 4.72. The monoisotopic (exact) mass is 287 g/mol. The summed E-state index contributed by atoms with van der Waals surface area (Å²) < 4.78 is 0. The predicted molar refractivity (Wildman–Crippen MR) is 92.5 cm³/mol. The number of nitrogens with zero attached hydrogens (tertiary/aromatic N) is 2. The lowest BCUT2D eigenvalue weighted by Gasteiger charge is -2.37. The fraction of sp³-hybridized carbons (Fsp3) is 0.684. The maximum Gasteiger partial charge on any atom is 0.0419 e. The summed E-state index contributed by atoms with van der Waals surface area (Å²) in [6, 6.07) is 7.57. The van der Waals surface area contributed by atoms with Gasteiger partial charge in [-0.25, -0.2) is 5.32 Å². The van der Waals surface area contributed by atoms with Gasteiger partial charge in [-0.05, 0) is 34.9 Å².